The maximum absolute atomic E-state index is 12.5. The van der Waals surface area contributed by atoms with Gasteiger partial charge >= 0.3 is 0 Å². The third-order valence-electron chi connectivity index (χ3n) is 4.05. The van der Waals surface area contributed by atoms with Gasteiger partial charge in [-0.25, -0.2) is 0 Å². The van der Waals surface area contributed by atoms with E-state index in [9.17, 15) is 9.59 Å². The zero-order valence-electron chi connectivity index (χ0n) is 12.8. The summed E-state index contributed by atoms with van der Waals surface area (Å²) in [6.45, 7) is 1.15. The van der Waals surface area contributed by atoms with Gasteiger partial charge in [0.2, 0.25) is 5.91 Å². The van der Waals surface area contributed by atoms with Gasteiger partial charge in [0.15, 0.2) is 0 Å². The monoisotopic (exact) mass is 309 g/mol. The second kappa shape index (κ2) is 7.05. The highest BCUT2D eigenvalue weighted by atomic mass is 16.2. The van der Waals surface area contributed by atoms with Gasteiger partial charge in [-0.2, -0.15) is 0 Å². The fourth-order valence-electron chi connectivity index (χ4n) is 2.82. The molecule has 1 aliphatic heterocycles. The lowest BCUT2D eigenvalue weighted by Crippen LogP contribution is -2.43. The lowest BCUT2D eigenvalue weighted by atomic mass is 9.96. The van der Waals surface area contributed by atoms with Gasteiger partial charge in [0.1, 0.15) is 0 Å². The number of likely N-dealkylation sites (tertiary alicyclic amines) is 1. The lowest BCUT2D eigenvalue weighted by molar-refractivity contribution is -0.121. The Labute approximate surface area is 135 Å². The van der Waals surface area contributed by atoms with E-state index in [4.69, 9.17) is 0 Å². The van der Waals surface area contributed by atoms with Crippen molar-refractivity contribution >= 4 is 17.5 Å². The summed E-state index contributed by atoms with van der Waals surface area (Å²) >= 11 is 0. The predicted octanol–water partition coefficient (Wildman–Crippen LogP) is 2.57. The molecule has 3 rings (SSSR count). The first-order valence-electron chi connectivity index (χ1n) is 7.79. The minimum Gasteiger partial charge on any atom is -0.338 e. The molecule has 0 spiro atoms. The number of nitrogens with one attached hydrogen (secondary N) is 1. The van der Waals surface area contributed by atoms with Crippen molar-refractivity contribution in [3.63, 3.8) is 0 Å². The SMILES string of the molecule is O=C(Nc1ccccc1)C1CCCN(C(=O)c2ccncc2)C1. The van der Waals surface area contributed by atoms with Crippen LogP contribution in [0.3, 0.4) is 0 Å². The van der Waals surface area contributed by atoms with Gasteiger partial charge in [0.05, 0.1) is 5.92 Å². The van der Waals surface area contributed by atoms with Gasteiger partial charge in [-0.1, -0.05) is 18.2 Å². The summed E-state index contributed by atoms with van der Waals surface area (Å²) in [6, 6.07) is 12.8. The van der Waals surface area contributed by atoms with Crippen LogP contribution >= 0.6 is 0 Å². The number of para-hydroxylation sites is 1. The second-order valence-electron chi connectivity index (χ2n) is 5.68. The number of carbonyl (C=O) groups is 2. The molecule has 1 aromatic carbocycles. The van der Waals surface area contributed by atoms with Crippen molar-refractivity contribution < 1.29 is 9.59 Å². The van der Waals surface area contributed by atoms with Crippen LogP contribution in [0.1, 0.15) is 23.2 Å². The zero-order valence-corrected chi connectivity index (χ0v) is 12.8. The maximum atomic E-state index is 12.5. The van der Waals surface area contributed by atoms with E-state index < -0.39 is 0 Å². The summed E-state index contributed by atoms with van der Waals surface area (Å²) in [5.74, 6) is -0.234. The number of benzene rings is 1. The summed E-state index contributed by atoms with van der Waals surface area (Å²) in [4.78, 5) is 30.6. The molecule has 118 valence electrons. The number of anilines is 1. The smallest absolute Gasteiger partial charge is 0.253 e. The van der Waals surface area contributed by atoms with Crippen molar-refractivity contribution in [1.29, 1.82) is 0 Å². The molecule has 1 fully saturated rings. The van der Waals surface area contributed by atoms with Gasteiger partial charge in [-0.05, 0) is 37.1 Å². The van der Waals surface area contributed by atoms with Crippen molar-refractivity contribution in [3.05, 3.63) is 60.4 Å². The highest BCUT2D eigenvalue weighted by Crippen LogP contribution is 2.20. The first-order valence-corrected chi connectivity index (χ1v) is 7.79. The number of pyridine rings is 1. The Balaban J connectivity index is 1.64. The van der Waals surface area contributed by atoms with Crippen molar-refractivity contribution in [2.45, 2.75) is 12.8 Å². The number of carbonyl (C=O) groups excluding carboxylic acids is 2. The number of amides is 2. The lowest BCUT2D eigenvalue weighted by Gasteiger charge is -2.32. The molecule has 1 unspecified atom stereocenters. The molecule has 0 saturated carbocycles. The van der Waals surface area contributed by atoms with Crippen LogP contribution in [-0.4, -0.2) is 34.8 Å². The number of hydrogen-bond donors (Lipinski definition) is 1. The van der Waals surface area contributed by atoms with Gasteiger partial charge in [0, 0.05) is 36.7 Å². The van der Waals surface area contributed by atoms with Crippen molar-refractivity contribution in [1.82, 2.24) is 9.88 Å². The highest BCUT2D eigenvalue weighted by molar-refractivity contribution is 5.96. The summed E-state index contributed by atoms with van der Waals surface area (Å²) < 4.78 is 0. The van der Waals surface area contributed by atoms with E-state index in [-0.39, 0.29) is 17.7 Å². The average molecular weight is 309 g/mol. The van der Waals surface area contributed by atoms with E-state index in [1.807, 2.05) is 30.3 Å². The molecule has 1 aliphatic rings. The molecule has 0 bridgehead atoms. The van der Waals surface area contributed by atoms with Crippen LogP contribution in [0.25, 0.3) is 0 Å². The van der Waals surface area contributed by atoms with Crippen molar-refractivity contribution in [3.8, 4) is 0 Å². The Kier molecular flexibility index (Phi) is 4.66. The molecule has 5 heteroatoms. The first-order chi connectivity index (χ1) is 11.2. The van der Waals surface area contributed by atoms with E-state index in [2.05, 4.69) is 10.3 Å². The molecular formula is C18H19N3O2. The Morgan fingerprint density at radius 3 is 2.57 bits per heavy atom. The molecule has 0 radical (unpaired) electrons. The first kappa shape index (κ1) is 15.2. The fraction of sp³-hybridized carbons (Fsp3) is 0.278. The Morgan fingerprint density at radius 1 is 1.09 bits per heavy atom. The van der Waals surface area contributed by atoms with Crippen LogP contribution in [0.15, 0.2) is 54.9 Å². The number of nitrogens with zero attached hydrogens (tertiary/aromatic N) is 2. The fourth-order valence-corrected chi connectivity index (χ4v) is 2.82. The third-order valence-corrected chi connectivity index (χ3v) is 4.05. The summed E-state index contributed by atoms with van der Waals surface area (Å²) in [5.41, 5.74) is 1.40. The second-order valence-corrected chi connectivity index (χ2v) is 5.68. The summed E-state index contributed by atoms with van der Waals surface area (Å²) in [6.07, 6.45) is 4.86. The summed E-state index contributed by atoms with van der Waals surface area (Å²) in [7, 11) is 0. The Bertz CT molecular complexity index is 673. The molecular weight excluding hydrogens is 290 g/mol. The molecule has 2 aromatic rings. The molecule has 1 saturated heterocycles. The zero-order chi connectivity index (χ0) is 16.1. The molecule has 1 aromatic heterocycles. The molecule has 2 amide bonds. The number of piperidine rings is 1. The van der Waals surface area contributed by atoms with Gasteiger partial charge in [-0.3, -0.25) is 14.6 Å². The molecule has 1 atom stereocenters. The van der Waals surface area contributed by atoms with Gasteiger partial charge in [-0.15, -0.1) is 0 Å². The summed E-state index contributed by atoms with van der Waals surface area (Å²) in [5, 5.41) is 2.92. The quantitative estimate of drug-likeness (QED) is 0.948. The van der Waals surface area contributed by atoms with Gasteiger partial charge < -0.3 is 10.2 Å². The van der Waals surface area contributed by atoms with Crippen LogP contribution in [0, 0.1) is 5.92 Å². The van der Waals surface area contributed by atoms with Crippen molar-refractivity contribution in [2.75, 3.05) is 18.4 Å². The number of hydrogen-bond acceptors (Lipinski definition) is 3. The molecule has 0 aliphatic carbocycles. The van der Waals surface area contributed by atoms with Crippen molar-refractivity contribution in [2.24, 2.45) is 5.92 Å². The number of aromatic nitrogens is 1. The molecule has 5 nitrogen and oxygen atoms in total. The van der Waals surface area contributed by atoms with Crippen LogP contribution in [0.4, 0.5) is 5.69 Å². The minimum absolute atomic E-state index is 0.0246. The molecule has 2 heterocycles. The van der Waals surface area contributed by atoms with Crippen LogP contribution in [0.2, 0.25) is 0 Å². The van der Waals surface area contributed by atoms with E-state index in [0.717, 1.165) is 18.5 Å². The normalized spacial score (nSPS) is 17.6. The minimum atomic E-state index is -0.172. The van der Waals surface area contributed by atoms with Crippen LogP contribution in [0.5, 0.6) is 0 Å². The number of rotatable bonds is 3. The highest BCUT2D eigenvalue weighted by Gasteiger charge is 2.28. The van der Waals surface area contributed by atoms with Gasteiger partial charge in [0.25, 0.3) is 5.91 Å². The van der Waals surface area contributed by atoms with E-state index in [0.29, 0.717) is 18.7 Å². The largest absolute Gasteiger partial charge is 0.338 e. The van der Waals surface area contributed by atoms with E-state index in [1.54, 1.807) is 29.4 Å². The molecule has 1 N–H and O–H groups in total. The topological polar surface area (TPSA) is 62.3 Å². The van der Waals surface area contributed by atoms with Crippen LogP contribution < -0.4 is 5.32 Å². The average Bonchev–Trinajstić information content (AvgIpc) is 2.63. The van der Waals surface area contributed by atoms with E-state index >= 15 is 0 Å². The molecule has 23 heavy (non-hydrogen) atoms. The Hall–Kier alpha value is -2.69. The standard InChI is InChI=1S/C18H19N3O2/c22-17(20-16-6-2-1-3-7-16)15-5-4-12-21(13-15)18(23)14-8-10-19-11-9-14/h1-3,6-11,15H,4-5,12-13H2,(H,20,22). The third kappa shape index (κ3) is 3.74. The Morgan fingerprint density at radius 2 is 1.83 bits per heavy atom. The predicted molar refractivity (Wildman–Crippen MR) is 87.9 cm³/mol. The van der Waals surface area contributed by atoms with Crippen LogP contribution in [-0.2, 0) is 4.79 Å². The maximum Gasteiger partial charge on any atom is 0.253 e. The van der Waals surface area contributed by atoms with E-state index in [1.165, 1.54) is 0 Å².